The number of halogens is 1. The van der Waals surface area contributed by atoms with Crippen LogP contribution in [0.4, 0.5) is 5.82 Å². The molecular weight excluding hydrogens is 214 g/mol. The molecular formula is C10H14ClN3O. The smallest absolute Gasteiger partial charge is 0.223 e. The second-order valence-electron chi connectivity index (χ2n) is 3.30. The Kier molecular flexibility index (Phi) is 4.37. The van der Waals surface area contributed by atoms with Crippen LogP contribution in [0.25, 0.3) is 0 Å². The topological polar surface area (TPSA) is 45.2 Å². The maximum atomic E-state index is 11.3. The van der Waals surface area contributed by atoms with Crippen molar-refractivity contribution in [2.24, 2.45) is 0 Å². The monoisotopic (exact) mass is 227 g/mol. The fourth-order valence-corrected chi connectivity index (χ4v) is 1.22. The van der Waals surface area contributed by atoms with Crippen molar-refractivity contribution in [2.75, 3.05) is 26.0 Å². The molecule has 0 radical (unpaired) electrons. The molecule has 1 aromatic rings. The standard InChI is InChI=1S/C10H14ClN3O/c1-14(2)9(15)5-7-13-10-8(11)4-3-6-12-10/h3-4,6H,5,7H2,1-2H3,(H,12,13). The number of nitrogens with zero attached hydrogens (tertiary/aromatic N) is 2. The zero-order valence-electron chi connectivity index (χ0n) is 8.83. The Hall–Kier alpha value is -1.29. The van der Waals surface area contributed by atoms with Gasteiger partial charge in [0.25, 0.3) is 0 Å². The molecule has 1 aromatic heterocycles. The number of anilines is 1. The van der Waals surface area contributed by atoms with Gasteiger partial charge in [0.1, 0.15) is 5.82 Å². The van der Waals surface area contributed by atoms with Gasteiger partial charge in [0.2, 0.25) is 5.91 Å². The lowest BCUT2D eigenvalue weighted by Gasteiger charge is -2.11. The highest BCUT2D eigenvalue weighted by Crippen LogP contribution is 2.16. The maximum absolute atomic E-state index is 11.3. The first kappa shape index (κ1) is 11.8. The number of nitrogens with one attached hydrogen (secondary N) is 1. The average Bonchev–Trinajstić information content (AvgIpc) is 2.20. The number of aromatic nitrogens is 1. The van der Waals surface area contributed by atoms with Crippen LogP contribution in [0.15, 0.2) is 18.3 Å². The highest BCUT2D eigenvalue weighted by Gasteiger charge is 2.04. The minimum Gasteiger partial charge on any atom is -0.368 e. The van der Waals surface area contributed by atoms with Crippen LogP contribution in [-0.4, -0.2) is 36.4 Å². The van der Waals surface area contributed by atoms with E-state index >= 15 is 0 Å². The summed E-state index contributed by atoms with van der Waals surface area (Å²) in [6, 6.07) is 3.52. The summed E-state index contributed by atoms with van der Waals surface area (Å²) in [7, 11) is 3.46. The van der Waals surface area contributed by atoms with E-state index in [1.807, 2.05) is 0 Å². The maximum Gasteiger partial charge on any atom is 0.223 e. The fraction of sp³-hybridized carbons (Fsp3) is 0.400. The number of hydrogen-bond donors (Lipinski definition) is 1. The first-order valence-corrected chi connectivity index (χ1v) is 5.03. The van der Waals surface area contributed by atoms with Crippen molar-refractivity contribution in [3.8, 4) is 0 Å². The lowest BCUT2D eigenvalue weighted by atomic mass is 10.3. The molecule has 0 saturated carbocycles. The quantitative estimate of drug-likeness (QED) is 0.851. The van der Waals surface area contributed by atoms with E-state index in [2.05, 4.69) is 10.3 Å². The van der Waals surface area contributed by atoms with Crippen molar-refractivity contribution < 1.29 is 4.79 Å². The number of hydrogen-bond acceptors (Lipinski definition) is 3. The van der Waals surface area contributed by atoms with Crippen molar-refractivity contribution in [1.82, 2.24) is 9.88 Å². The minimum absolute atomic E-state index is 0.0783. The van der Waals surface area contributed by atoms with Gasteiger partial charge < -0.3 is 10.2 Å². The summed E-state index contributed by atoms with van der Waals surface area (Å²) in [5.74, 6) is 0.695. The van der Waals surface area contributed by atoms with Crippen molar-refractivity contribution >= 4 is 23.3 Å². The number of rotatable bonds is 4. The van der Waals surface area contributed by atoms with E-state index < -0.39 is 0 Å². The molecule has 0 aromatic carbocycles. The number of carbonyl (C=O) groups excluding carboxylic acids is 1. The molecule has 82 valence electrons. The van der Waals surface area contributed by atoms with E-state index in [0.717, 1.165) is 0 Å². The van der Waals surface area contributed by atoms with Crippen LogP contribution in [0, 0.1) is 0 Å². The zero-order valence-corrected chi connectivity index (χ0v) is 9.58. The highest BCUT2D eigenvalue weighted by atomic mass is 35.5. The third-order valence-electron chi connectivity index (χ3n) is 1.89. The third-order valence-corrected chi connectivity index (χ3v) is 2.19. The predicted octanol–water partition coefficient (Wildman–Crippen LogP) is 1.63. The van der Waals surface area contributed by atoms with Gasteiger partial charge in [-0.2, -0.15) is 0 Å². The summed E-state index contributed by atoms with van der Waals surface area (Å²) in [6.45, 7) is 0.535. The molecule has 0 atom stereocenters. The molecule has 1 heterocycles. The van der Waals surface area contributed by atoms with Gasteiger partial charge in [0.05, 0.1) is 5.02 Å². The summed E-state index contributed by atoms with van der Waals surface area (Å²) in [5.41, 5.74) is 0. The molecule has 5 heteroatoms. The van der Waals surface area contributed by atoms with Crippen LogP contribution in [0.3, 0.4) is 0 Å². The van der Waals surface area contributed by atoms with Crippen LogP contribution >= 0.6 is 11.6 Å². The Morgan fingerprint density at radius 1 is 1.60 bits per heavy atom. The van der Waals surface area contributed by atoms with Gasteiger partial charge in [0.15, 0.2) is 0 Å². The van der Waals surface area contributed by atoms with Gasteiger partial charge in [-0.05, 0) is 12.1 Å². The van der Waals surface area contributed by atoms with Crippen LogP contribution < -0.4 is 5.32 Å². The highest BCUT2D eigenvalue weighted by molar-refractivity contribution is 6.32. The van der Waals surface area contributed by atoms with Gasteiger partial charge in [0, 0.05) is 33.3 Å². The molecule has 0 aliphatic rings. The van der Waals surface area contributed by atoms with E-state index in [9.17, 15) is 4.79 Å². The molecule has 0 saturated heterocycles. The minimum atomic E-state index is 0.0783. The molecule has 0 fully saturated rings. The molecule has 1 N–H and O–H groups in total. The Labute approximate surface area is 94.3 Å². The summed E-state index contributed by atoms with van der Waals surface area (Å²) in [4.78, 5) is 16.9. The van der Waals surface area contributed by atoms with Gasteiger partial charge in [-0.1, -0.05) is 11.6 Å². The van der Waals surface area contributed by atoms with Crippen LogP contribution in [0.1, 0.15) is 6.42 Å². The van der Waals surface area contributed by atoms with Crippen molar-refractivity contribution in [1.29, 1.82) is 0 Å². The number of amides is 1. The Morgan fingerprint density at radius 2 is 2.33 bits per heavy atom. The van der Waals surface area contributed by atoms with Gasteiger partial charge >= 0.3 is 0 Å². The van der Waals surface area contributed by atoms with Crippen LogP contribution in [-0.2, 0) is 4.79 Å². The lowest BCUT2D eigenvalue weighted by molar-refractivity contribution is -0.128. The molecule has 4 nitrogen and oxygen atoms in total. The zero-order chi connectivity index (χ0) is 11.3. The second-order valence-corrected chi connectivity index (χ2v) is 3.71. The normalized spacial score (nSPS) is 9.80. The SMILES string of the molecule is CN(C)C(=O)CCNc1ncccc1Cl. The predicted molar refractivity (Wildman–Crippen MR) is 61.0 cm³/mol. The van der Waals surface area contributed by atoms with Gasteiger partial charge in [-0.3, -0.25) is 4.79 Å². The molecule has 0 bridgehead atoms. The molecule has 0 aliphatic carbocycles. The summed E-state index contributed by atoms with van der Waals surface area (Å²) < 4.78 is 0. The molecule has 1 amide bonds. The fourth-order valence-electron chi connectivity index (χ4n) is 1.03. The third kappa shape index (κ3) is 3.75. The Morgan fingerprint density at radius 3 is 2.93 bits per heavy atom. The van der Waals surface area contributed by atoms with Crippen molar-refractivity contribution in [2.45, 2.75) is 6.42 Å². The second kappa shape index (κ2) is 5.56. The average molecular weight is 228 g/mol. The Bertz CT molecular complexity index is 341. The number of pyridine rings is 1. The molecule has 0 unspecified atom stereocenters. The van der Waals surface area contributed by atoms with Gasteiger partial charge in [-0.15, -0.1) is 0 Å². The van der Waals surface area contributed by atoms with E-state index in [1.54, 1.807) is 37.3 Å². The van der Waals surface area contributed by atoms with Gasteiger partial charge in [-0.25, -0.2) is 4.98 Å². The van der Waals surface area contributed by atoms with Crippen LogP contribution in [0.5, 0.6) is 0 Å². The summed E-state index contributed by atoms with van der Waals surface area (Å²) in [6.07, 6.45) is 2.09. The molecule has 0 aliphatic heterocycles. The Balaban J connectivity index is 2.38. The number of carbonyl (C=O) groups is 1. The molecule has 0 spiro atoms. The van der Waals surface area contributed by atoms with E-state index in [0.29, 0.717) is 23.8 Å². The van der Waals surface area contributed by atoms with E-state index in [4.69, 9.17) is 11.6 Å². The lowest BCUT2D eigenvalue weighted by Crippen LogP contribution is -2.24. The van der Waals surface area contributed by atoms with Crippen molar-refractivity contribution in [3.05, 3.63) is 23.4 Å². The first-order chi connectivity index (χ1) is 7.11. The van der Waals surface area contributed by atoms with E-state index in [1.165, 1.54) is 0 Å². The molecule has 15 heavy (non-hydrogen) atoms. The largest absolute Gasteiger partial charge is 0.368 e. The summed E-state index contributed by atoms with van der Waals surface area (Å²) >= 11 is 5.88. The van der Waals surface area contributed by atoms with Crippen LogP contribution in [0.2, 0.25) is 5.02 Å². The molecule has 1 rings (SSSR count). The summed E-state index contributed by atoms with van der Waals surface area (Å²) in [5, 5.41) is 3.57. The van der Waals surface area contributed by atoms with E-state index in [-0.39, 0.29) is 5.91 Å². The first-order valence-electron chi connectivity index (χ1n) is 4.66. The van der Waals surface area contributed by atoms with Crippen molar-refractivity contribution in [3.63, 3.8) is 0 Å².